The predicted octanol–water partition coefficient (Wildman–Crippen LogP) is 3.57. The SMILES string of the molecule is O=C(CN(Cc1ccc(F)cc1F)C1CC1)Nc1ccccc1. The second kappa shape index (κ2) is 6.87. The minimum absolute atomic E-state index is 0.134. The van der Waals surface area contributed by atoms with Crippen LogP contribution in [0.3, 0.4) is 0 Å². The first-order chi connectivity index (χ1) is 11.1. The highest BCUT2D eigenvalue weighted by molar-refractivity contribution is 5.92. The van der Waals surface area contributed by atoms with E-state index in [9.17, 15) is 13.6 Å². The molecule has 120 valence electrons. The Morgan fingerprint density at radius 2 is 1.87 bits per heavy atom. The van der Waals surface area contributed by atoms with Crippen LogP contribution in [0.4, 0.5) is 14.5 Å². The van der Waals surface area contributed by atoms with Gasteiger partial charge < -0.3 is 5.32 Å². The van der Waals surface area contributed by atoms with Crippen LogP contribution in [-0.4, -0.2) is 23.4 Å². The van der Waals surface area contributed by atoms with Crippen LogP contribution < -0.4 is 5.32 Å². The summed E-state index contributed by atoms with van der Waals surface area (Å²) in [5, 5.41) is 2.83. The number of carbonyl (C=O) groups is 1. The van der Waals surface area contributed by atoms with Gasteiger partial charge in [-0.25, -0.2) is 8.78 Å². The summed E-state index contributed by atoms with van der Waals surface area (Å²) in [5.74, 6) is -1.30. The average molecular weight is 316 g/mol. The number of nitrogens with zero attached hydrogens (tertiary/aromatic N) is 1. The van der Waals surface area contributed by atoms with Gasteiger partial charge in [-0.3, -0.25) is 9.69 Å². The number of benzene rings is 2. The van der Waals surface area contributed by atoms with E-state index in [-0.39, 0.29) is 12.5 Å². The molecule has 0 aromatic heterocycles. The molecule has 1 aliphatic rings. The smallest absolute Gasteiger partial charge is 0.238 e. The largest absolute Gasteiger partial charge is 0.325 e. The maximum Gasteiger partial charge on any atom is 0.238 e. The maximum atomic E-state index is 13.8. The van der Waals surface area contributed by atoms with E-state index in [0.29, 0.717) is 18.2 Å². The molecule has 0 aliphatic heterocycles. The number of para-hydroxylation sites is 1. The van der Waals surface area contributed by atoms with Gasteiger partial charge in [-0.2, -0.15) is 0 Å². The van der Waals surface area contributed by atoms with Crippen molar-refractivity contribution in [3.05, 3.63) is 65.7 Å². The molecular weight excluding hydrogens is 298 g/mol. The Bertz CT molecular complexity index is 687. The third kappa shape index (κ3) is 4.36. The van der Waals surface area contributed by atoms with Gasteiger partial charge >= 0.3 is 0 Å². The third-order valence-electron chi connectivity index (χ3n) is 3.86. The summed E-state index contributed by atoms with van der Waals surface area (Å²) in [7, 11) is 0. The topological polar surface area (TPSA) is 32.3 Å². The molecule has 1 fully saturated rings. The number of rotatable bonds is 6. The van der Waals surface area contributed by atoms with Crippen LogP contribution in [0, 0.1) is 11.6 Å². The summed E-state index contributed by atoms with van der Waals surface area (Å²) < 4.78 is 26.8. The average Bonchev–Trinajstić information content (AvgIpc) is 3.35. The van der Waals surface area contributed by atoms with Gasteiger partial charge in [0.25, 0.3) is 0 Å². The molecule has 3 rings (SSSR count). The molecular formula is C18H18F2N2O. The summed E-state index contributed by atoms with van der Waals surface area (Å²) >= 11 is 0. The van der Waals surface area contributed by atoms with Crippen molar-refractivity contribution in [3.63, 3.8) is 0 Å². The third-order valence-corrected chi connectivity index (χ3v) is 3.86. The van der Waals surface area contributed by atoms with Crippen molar-refractivity contribution >= 4 is 11.6 Å². The van der Waals surface area contributed by atoms with Gasteiger partial charge in [0.2, 0.25) is 5.91 Å². The first kappa shape index (κ1) is 15.6. The number of halogens is 2. The van der Waals surface area contributed by atoms with Crippen molar-refractivity contribution in [2.24, 2.45) is 0 Å². The van der Waals surface area contributed by atoms with Crippen LogP contribution in [0.2, 0.25) is 0 Å². The number of hydrogen-bond acceptors (Lipinski definition) is 2. The number of amides is 1. The van der Waals surface area contributed by atoms with E-state index in [0.717, 1.165) is 24.6 Å². The summed E-state index contributed by atoms with van der Waals surface area (Å²) in [6.45, 7) is 0.495. The van der Waals surface area contributed by atoms with Gasteiger partial charge in [0.05, 0.1) is 6.54 Å². The summed E-state index contributed by atoms with van der Waals surface area (Å²) in [6.07, 6.45) is 2.00. The van der Waals surface area contributed by atoms with E-state index in [4.69, 9.17) is 0 Å². The van der Waals surface area contributed by atoms with Crippen molar-refractivity contribution < 1.29 is 13.6 Å². The van der Waals surface area contributed by atoms with Crippen LogP contribution in [0.15, 0.2) is 48.5 Å². The summed E-state index contributed by atoms with van der Waals surface area (Å²) in [5.41, 5.74) is 1.15. The predicted molar refractivity (Wildman–Crippen MR) is 84.9 cm³/mol. The Morgan fingerprint density at radius 3 is 2.52 bits per heavy atom. The molecule has 2 aromatic carbocycles. The van der Waals surface area contributed by atoms with Crippen LogP contribution >= 0.6 is 0 Å². The van der Waals surface area contributed by atoms with E-state index < -0.39 is 11.6 Å². The molecule has 0 bridgehead atoms. The fourth-order valence-corrected chi connectivity index (χ4v) is 2.53. The number of hydrogen-bond donors (Lipinski definition) is 1. The molecule has 0 unspecified atom stereocenters. The molecule has 0 heterocycles. The molecule has 5 heteroatoms. The zero-order valence-corrected chi connectivity index (χ0v) is 12.6. The standard InChI is InChI=1S/C18H18F2N2O/c19-14-7-6-13(17(20)10-14)11-22(16-8-9-16)12-18(23)21-15-4-2-1-3-5-15/h1-7,10,16H,8-9,11-12H2,(H,21,23). The molecule has 1 amide bonds. The highest BCUT2D eigenvalue weighted by Gasteiger charge is 2.30. The number of nitrogens with one attached hydrogen (secondary N) is 1. The monoisotopic (exact) mass is 316 g/mol. The van der Waals surface area contributed by atoms with Crippen molar-refractivity contribution in [2.75, 3.05) is 11.9 Å². The molecule has 2 aromatic rings. The Morgan fingerprint density at radius 1 is 1.13 bits per heavy atom. The zero-order chi connectivity index (χ0) is 16.2. The maximum absolute atomic E-state index is 13.8. The molecule has 0 radical (unpaired) electrons. The lowest BCUT2D eigenvalue weighted by Gasteiger charge is -2.21. The molecule has 1 saturated carbocycles. The quantitative estimate of drug-likeness (QED) is 0.883. The van der Waals surface area contributed by atoms with Crippen molar-refractivity contribution in [3.8, 4) is 0 Å². The fraction of sp³-hybridized carbons (Fsp3) is 0.278. The minimum atomic E-state index is -0.592. The van der Waals surface area contributed by atoms with E-state index in [2.05, 4.69) is 5.32 Å². The fourth-order valence-electron chi connectivity index (χ4n) is 2.53. The molecule has 0 atom stereocenters. The number of anilines is 1. The first-order valence-corrected chi connectivity index (χ1v) is 7.65. The normalized spacial score (nSPS) is 14.0. The lowest BCUT2D eigenvalue weighted by atomic mass is 10.2. The van der Waals surface area contributed by atoms with E-state index in [1.165, 1.54) is 12.1 Å². The minimum Gasteiger partial charge on any atom is -0.325 e. The Hall–Kier alpha value is -2.27. The lowest BCUT2D eigenvalue weighted by molar-refractivity contribution is -0.117. The van der Waals surface area contributed by atoms with Crippen molar-refractivity contribution in [2.45, 2.75) is 25.4 Å². The number of carbonyl (C=O) groups excluding carboxylic acids is 1. The van der Waals surface area contributed by atoms with Crippen molar-refractivity contribution in [1.82, 2.24) is 4.90 Å². The lowest BCUT2D eigenvalue weighted by Crippen LogP contribution is -2.34. The second-order valence-corrected chi connectivity index (χ2v) is 5.79. The van der Waals surface area contributed by atoms with E-state index in [1.54, 1.807) is 0 Å². The van der Waals surface area contributed by atoms with Crippen molar-refractivity contribution in [1.29, 1.82) is 0 Å². The Labute approximate surface area is 133 Å². The summed E-state index contributed by atoms with van der Waals surface area (Å²) in [6, 6.07) is 13.1. The van der Waals surface area contributed by atoms with Gasteiger partial charge in [-0.1, -0.05) is 24.3 Å². The van der Waals surface area contributed by atoms with Gasteiger partial charge in [0.15, 0.2) is 0 Å². The van der Waals surface area contributed by atoms with Crippen LogP contribution in [0.25, 0.3) is 0 Å². The molecule has 1 aliphatic carbocycles. The molecule has 0 saturated heterocycles. The Kier molecular flexibility index (Phi) is 4.67. The highest BCUT2D eigenvalue weighted by atomic mass is 19.1. The Balaban J connectivity index is 1.64. The van der Waals surface area contributed by atoms with Gasteiger partial charge in [-0.05, 0) is 31.0 Å². The van der Waals surface area contributed by atoms with Gasteiger partial charge in [0, 0.05) is 29.9 Å². The van der Waals surface area contributed by atoms with E-state index >= 15 is 0 Å². The second-order valence-electron chi connectivity index (χ2n) is 5.79. The summed E-state index contributed by atoms with van der Waals surface area (Å²) in [4.78, 5) is 14.1. The molecule has 3 nitrogen and oxygen atoms in total. The highest BCUT2D eigenvalue weighted by Crippen LogP contribution is 2.28. The zero-order valence-electron chi connectivity index (χ0n) is 12.6. The first-order valence-electron chi connectivity index (χ1n) is 7.65. The van der Waals surface area contributed by atoms with Gasteiger partial charge in [-0.15, -0.1) is 0 Å². The molecule has 0 spiro atoms. The van der Waals surface area contributed by atoms with Crippen LogP contribution in [0.5, 0.6) is 0 Å². The molecule has 23 heavy (non-hydrogen) atoms. The van der Waals surface area contributed by atoms with E-state index in [1.807, 2.05) is 35.2 Å². The van der Waals surface area contributed by atoms with Crippen LogP contribution in [-0.2, 0) is 11.3 Å². The molecule has 1 N–H and O–H groups in total. The van der Waals surface area contributed by atoms with Crippen LogP contribution in [0.1, 0.15) is 18.4 Å². The van der Waals surface area contributed by atoms with Gasteiger partial charge in [0.1, 0.15) is 11.6 Å².